The van der Waals surface area contributed by atoms with Crippen LogP contribution in [0.2, 0.25) is 10.0 Å². The Morgan fingerprint density at radius 1 is 1.28 bits per heavy atom. The Kier molecular flexibility index (Phi) is 4.41. The summed E-state index contributed by atoms with van der Waals surface area (Å²) >= 11 is 11.7. The van der Waals surface area contributed by atoms with Gasteiger partial charge in [-0.2, -0.15) is 0 Å². The number of rotatable bonds is 4. The summed E-state index contributed by atoms with van der Waals surface area (Å²) in [5.41, 5.74) is 6.77. The molecule has 18 heavy (non-hydrogen) atoms. The Bertz CT molecular complexity index is 556. The topological polar surface area (TPSA) is 72.2 Å². The van der Waals surface area contributed by atoms with Crippen molar-refractivity contribution in [1.82, 2.24) is 0 Å². The van der Waals surface area contributed by atoms with Gasteiger partial charge >= 0.3 is 0 Å². The molecule has 1 aromatic rings. The molecule has 0 bridgehead atoms. The Morgan fingerprint density at radius 2 is 1.78 bits per heavy atom. The quantitative estimate of drug-likeness (QED) is 0.839. The maximum Gasteiger partial charge on any atom is 0.154 e. The number of hydrogen-bond acceptors (Lipinski definition) is 4. The summed E-state index contributed by atoms with van der Waals surface area (Å²) in [4.78, 5) is 0. The number of nitrogens with one attached hydrogen (secondary N) is 1. The van der Waals surface area contributed by atoms with E-state index in [1.54, 1.807) is 19.9 Å². The maximum atomic E-state index is 11.6. The van der Waals surface area contributed by atoms with Crippen LogP contribution in [0.4, 0.5) is 11.4 Å². The number of anilines is 2. The van der Waals surface area contributed by atoms with Crippen LogP contribution in [0.15, 0.2) is 12.1 Å². The lowest BCUT2D eigenvalue weighted by Gasteiger charge is -2.24. The monoisotopic (exact) mass is 310 g/mol. The third-order valence-corrected chi connectivity index (χ3v) is 5.67. The predicted molar refractivity (Wildman–Crippen MR) is 78.3 cm³/mol. The summed E-state index contributed by atoms with van der Waals surface area (Å²) in [5.74, 6) is 0. The molecule has 0 aliphatic carbocycles. The first kappa shape index (κ1) is 15.4. The van der Waals surface area contributed by atoms with E-state index >= 15 is 0 Å². The molecule has 1 aromatic carbocycles. The van der Waals surface area contributed by atoms with Gasteiger partial charge in [-0.15, -0.1) is 0 Å². The van der Waals surface area contributed by atoms with Gasteiger partial charge in [-0.25, -0.2) is 8.42 Å². The van der Waals surface area contributed by atoms with Crippen molar-refractivity contribution in [2.45, 2.75) is 18.6 Å². The molecule has 0 unspecified atom stereocenters. The highest BCUT2D eigenvalue weighted by atomic mass is 35.5. The van der Waals surface area contributed by atoms with E-state index < -0.39 is 14.6 Å². The lowest BCUT2D eigenvalue weighted by molar-refractivity contribution is 0.560. The van der Waals surface area contributed by atoms with Crippen LogP contribution in [0.5, 0.6) is 0 Å². The van der Waals surface area contributed by atoms with Crippen molar-refractivity contribution in [2.75, 3.05) is 23.9 Å². The molecule has 1 rings (SSSR count). The predicted octanol–water partition coefficient (Wildman–Crippen LogP) is 2.81. The van der Waals surface area contributed by atoms with Crippen LogP contribution in [-0.2, 0) is 9.84 Å². The van der Waals surface area contributed by atoms with Crippen LogP contribution >= 0.6 is 23.2 Å². The minimum Gasteiger partial charge on any atom is -0.397 e. The molecule has 3 N–H and O–H groups in total. The van der Waals surface area contributed by atoms with E-state index in [1.165, 1.54) is 12.3 Å². The number of nitrogens with two attached hydrogens (primary N) is 1. The molecule has 4 nitrogen and oxygen atoms in total. The van der Waals surface area contributed by atoms with Crippen molar-refractivity contribution >= 4 is 44.4 Å². The summed E-state index contributed by atoms with van der Waals surface area (Å²) in [6, 6.07) is 3.11. The van der Waals surface area contributed by atoms with Gasteiger partial charge in [-0.3, -0.25) is 0 Å². The SMILES string of the molecule is CC(C)(CNc1cc(Cl)c(Cl)cc1N)S(C)(=O)=O. The molecular formula is C11H16Cl2N2O2S. The number of halogens is 2. The number of nitrogen functional groups attached to an aromatic ring is 1. The van der Waals surface area contributed by atoms with Gasteiger partial charge in [0, 0.05) is 12.8 Å². The molecule has 0 radical (unpaired) electrons. The maximum absolute atomic E-state index is 11.6. The summed E-state index contributed by atoms with van der Waals surface area (Å²) in [5, 5.41) is 3.71. The molecule has 0 fully saturated rings. The fourth-order valence-corrected chi connectivity index (χ4v) is 1.82. The highest BCUT2D eigenvalue weighted by Gasteiger charge is 2.30. The van der Waals surface area contributed by atoms with Crippen LogP contribution in [0, 0.1) is 0 Å². The first-order valence-corrected chi connectivity index (χ1v) is 7.87. The fraction of sp³-hybridized carbons (Fsp3) is 0.455. The van der Waals surface area contributed by atoms with Crippen LogP contribution in [0.1, 0.15) is 13.8 Å². The Balaban J connectivity index is 2.91. The molecule has 0 heterocycles. The minimum absolute atomic E-state index is 0.230. The lowest BCUT2D eigenvalue weighted by Crippen LogP contribution is -2.38. The lowest BCUT2D eigenvalue weighted by atomic mass is 10.2. The second-order valence-electron chi connectivity index (χ2n) is 4.74. The van der Waals surface area contributed by atoms with Gasteiger partial charge in [0.05, 0.1) is 26.2 Å². The first-order valence-electron chi connectivity index (χ1n) is 5.22. The van der Waals surface area contributed by atoms with E-state index in [4.69, 9.17) is 28.9 Å². The van der Waals surface area contributed by atoms with E-state index in [-0.39, 0.29) is 6.54 Å². The molecule has 0 aliphatic heterocycles. The van der Waals surface area contributed by atoms with Gasteiger partial charge in [-0.05, 0) is 26.0 Å². The average Bonchev–Trinajstić information content (AvgIpc) is 2.20. The first-order chi connectivity index (χ1) is 8.04. The zero-order valence-corrected chi connectivity index (χ0v) is 12.7. The zero-order chi connectivity index (χ0) is 14.1. The zero-order valence-electron chi connectivity index (χ0n) is 10.4. The molecule has 0 atom stereocenters. The number of sulfone groups is 1. The largest absolute Gasteiger partial charge is 0.397 e. The standard InChI is InChI=1S/C11H16Cl2N2O2S/c1-11(2,18(3,16)17)6-15-10-5-8(13)7(12)4-9(10)14/h4-5,15H,6,14H2,1-3H3. The van der Waals surface area contributed by atoms with Crippen LogP contribution in [-0.4, -0.2) is 26.0 Å². The molecule has 0 spiro atoms. The normalized spacial score (nSPS) is 12.5. The average molecular weight is 311 g/mol. The minimum atomic E-state index is -3.17. The van der Waals surface area contributed by atoms with E-state index in [1.807, 2.05) is 0 Å². The summed E-state index contributed by atoms with van der Waals surface area (Å²) < 4.78 is 22.2. The highest BCUT2D eigenvalue weighted by Crippen LogP contribution is 2.31. The van der Waals surface area contributed by atoms with Crippen molar-refractivity contribution in [3.8, 4) is 0 Å². The molecule has 0 amide bonds. The second-order valence-corrected chi connectivity index (χ2v) is 8.20. The second kappa shape index (κ2) is 5.15. The smallest absolute Gasteiger partial charge is 0.154 e. The molecule has 0 saturated carbocycles. The molecule has 0 aromatic heterocycles. The van der Waals surface area contributed by atoms with Crippen molar-refractivity contribution in [3.63, 3.8) is 0 Å². The Morgan fingerprint density at radius 3 is 2.28 bits per heavy atom. The van der Waals surface area contributed by atoms with E-state index in [0.717, 1.165) is 0 Å². The Labute approximate surface area is 117 Å². The van der Waals surface area contributed by atoms with Gasteiger partial charge in [-0.1, -0.05) is 23.2 Å². The van der Waals surface area contributed by atoms with Gasteiger partial charge in [0.15, 0.2) is 9.84 Å². The van der Waals surface area contributed by atoms with E-state index in [2.05, 4.69) is 5.32 Å². The third kappa shape index (κ3) is 3.43. The summed E-state index contributed by atoms with van der Waals surface area (Å²) in [6.45, 7) is 3.51. The summed E-state index contributed by atoms with van der Waals surface area (Å²) in [6.07, 6.45) is 1.20. The fourth-order valence-electron chi connectivity index (χ4n) is 1.15. The van der Waals surface area contributed by atoms with Crippen molar-refractivity contribution in [3.05, 3.63) is 22.2 Å². The number of benzene rings is 1. The van der Waals surface area contributed by atoms with Gasteiger partial charge in [0.1, 0.15) is 0 Å². The Hall–Kier alpha value is -0.650. The molecule has 7 heteroatoms. The molecule has 0 aliphatic rings. The van der Waals surface area contributed by atoms with Crippen LogP contribution in [0.25, 0.3) is 0 Å². The number of hydrogen-bond donors (Lipinski definition) is 2. The van der Waals surface area contributed by atoms with Gasteiger partial charge < -0.3 is 11.1 Å². The highest BCUT2D eigenvalue weighted by molar-refractivity contribution is 7.92. The van der Waals surface area contributed by atoms with E-state index in [9.17, 15) is 8.42 Å². The molecule has 0 saturated heterocycles. The van der Waals surface area contributed by atoms with Gasteiger partial charge in [0.2, 0.25) is 0 Å². The third-order valence-electron chi connectivity index (χ3n) is 2.80. The molecular weight excluding hydrogens is 295 g/mol. The van der Waals surface area contributed by atoms with Crippen LogP contribution in [0.3, 0.4) is 0 Å². The van der Waals surface area contributed by atoms with Crippen molar-refractivity contribution in [2.24, 2.45) is 0 Å². The van der Waals surface area contributed by atoms with Crippen molar-refractivity contribution in [1.29, 1.82) is 0 Å². The van der Waals surface area contributed by atoms with Crippen molar-refractivity contribution < 1.29 is 8.42 Å². The van der Waals surface area contributed by atoms with Gasteiger partial charge in [0.25, 0.3) is 0 Å². The van der Waals surface area contributed by atoms with E-state index in [0.29, 0.717) is 21.4 Å². The molecule has 102 valence electrons. The summed E-state index contributed by atoms with van der Waals surface area (Å²) in [7, 11) is -3.17. The van der Waals surface area contributed by atoms with Crippen LogP contribution < -0.4 is 11.1 Å².